The Labute approximate surface area is 221 Å². The minimum Gasteiger partial charge on any atom is -0.268 e. The fourth-order valence-electron chi connectivity index (χ4n) is 6.59. The van der Waals surface area contributed by atoms with Gasteiger partial charge in [-0.1, -0.05) is 45.3 Å². The molecule has 7 aromatic carbocycles. The van der Waals surface area contributed by atoms with Crippen molar-refractivity contribution in [2.75, 3.05) is 0 Å². The van der Waals surface area contributed by atoms with Gasteiger partial charge in [0.15, 0.2) is 0 Å². The third-order valence-corrected chi connectivity index (χ3v) is 10.3. The lowest BCUT2D eigenvalue weighted by Gasteiger charge is -2.10. The number of fused-ring (bicyclic) bond motifs is 3. The molecule has 0 N–H and O–H groups in total. The number of aromatic nitrogens is 1. The molecule has 0 saturated heterocycles. The minimum absolute atomic E-state index is 0.226. The number of benzene rings is 6. The van der Waals surface area contributed by atoms with E-state index in [1.807, 2.05) is 32.0 Å². The van der Waals surface area contributed by atoms with E-state index in [9.17, 15) is 9.59 Å². The predicted molar refractivity (Wildman–Crippen MR) is 162 cm³/mol. The van der Waals surface area contributed by atoms with Crippen molar-refractivity contribution >= 4 is 94.8 Å². The van der Waals surface area contributed by atoms with E-state index in [4.69, 9.17) is 0 Å². The van der Waals surface area contributed by atoms with Gasteiger partial charge in [0.1, 0.15) is 0 Å². The third-order valence-electron chi connectivity index (χ3n) is 8.32. The van der Waals surface area contributed by atoms with Crippen molar-refractivity contribution < 1.29 is 0 Å². The lowest BCUT2D eigenvalue weighted by atomic mass is 9.93. The molecule has 8 aromatic rings. The monoisotopic (exact) mass is 595 g/mol. The molecule has 0 radical (unpaired) electrons. The third kappa shape index (κ3) is 2.24. The van der Waals surface area contributed by atoms with Crippen molar-refractivity contribution in [1.29, 1.82) is 0 Å². The van der Waals surface area contributed by atoms with Crippen molar-refractivity contribution in [3.05, 3.63) is 92.0 Å². The van der Waals surface area contributed by atoms with Crippen molar-refractivity contribution in [3.63, 3.8) is 0 Å². The summed E-state index contributed by atoms with van der Waals surface area (Å²) in [5.74, 6) is 0. The number of hydrogen-bond acceptors (Lipinski definition) is 3. The summed E-state index contributed by atoms with van der Waals surface area (Å²) in [7, 11) is 1.66. The first kappa shape index (κ1) is 21.0. The Hall–Kier alpha value is -3.16. The molecule has 0 aliphatic heterocycles. The highest BCUT2D eigenvalue weighted by Gasteiger charge is 2.28. The molecule has 1 aromatic heterocycles. The van der Waals surface area contributed by atoms with Gasteiger partial charge in [-0.2, -0.15) is 0 Å². The number of aryl methyl sites for hydroxylation is 2. The fraction of sp³-hybridized carbons (Fsp3) is 0.0968. The van der Waals surface area contributed by atoms with Gasteiger partial charge in [-0.3, -0.25) is 9.59 Å². The van der Waals surface area contributed by atoms with Crippen LogP contribution in [0.4, 0.5) is 0 Å². The number of nitrogens with zero attached hydrogens (tertiary/aromatic N) is 1. The first-order valence-electron chi connectivity index (χ1n) is 11.9. The normalized spacial score (nSPS) is 12.8. The summed E-state index contributed by atoms with van der Waals surface area (Å²) in [5.41, 5.74) is 3.35. The van der Waals surface area contributed by atoms with E-state index in [2.05, 4.69) is 64.5 Å². The molecule has 3 nitrogen and oxygen atoms in total. The van der Waals surface area contributed by atoms with E-state index in [0.29, 0.717) is 16.5 Å². The molecule has 0 aliphatic rings. The number of hydrogen-bond donors (Lipinski definition) is 0. The number of rotatable bonds is 2. The van der Waals surface area contributed by atoms with Crippen molar-refractivity contribution in [3.8, 4) is 5.69 Å². The lowest BCUT2D eigenvalue weighted by Crippen LogP contribution is -2.24. The Kier molecular flexibility index (Phi) is 3.95. The van der Waals surface area contributed by atoms with E-state index in [-0.39, 0.29) is 11.1 Å². The second-order valence-electron chi connectivity index (χ2n) is 9.98. The second kappa shape index (κ2) is 6.78. The van der Waals surface area contributed by atoms with Gasteiger partial charge in [-0.15, -0.1) is 0 Å². The van der Waals surface area contributed by atoms with Crippen LogP contribution in [0, 0.1) is 20.8 Å². The molecule has 5 heteroatoms. The van der Waals surface area contributed by atoms with Crippen molar-refractivity contribution in [2.45, 2.75) is 25.7 Å². The van der Waals surface area contributed by atoms with Gasteiger partial charge in [0.2, 0.25) is 0 Å². The molecule has 1 heterocycles. The first-order chi connectivity index (χ1) is 17.4. The zero-order valence-corrected chi connectivity index (χ0v) is 22.7. The zero-order chi connectivity index (χ0) is 24.6. The standard InChI is InChI=1S/C31H18INO2S/c1-13-5-4-6-21(15(13)3)33-30(34)28-19-11-14(2)17-9-7-16-8-10-18-22(36-32)12-20(29(28)31(33)35)27-25(18)23(16)24(17)26(19)27/h4-12H,1-3H3. The van der Waals surface area contributed by atoms with Crippen LogP contribution in [0.15, 0.2) is 69.1 Å². The molecule has 0 spiro atoms. The Balaban J connectivity index is 1.77. The van der Waals surface area contributed by atoms with Crippen LogP contribution in [0.25, 0.3) is 70.3 Å². The average Bonchev–Trinajstić information content (AvgIpc) is 3.37. The zero-order valence-electron chi connectivity index (χ0n) is 19.7. The van der Waals surface area contributed by atoms with E-state index in [1.54, 1.807) is 8.93 Å². The molecule has 36 heavy (non-hydrogen) atoms. The lowest BCUT2D eigenvalue weighted by molar-refractivity contribution is 0.974. The molecular formula is C31H18INO2S. The van der Waals surface area contributed by atoms with Crippen LogP contribution in [0.3, 0.4) is 0 Å². The molecule has 0 amide bonds. The Morgan fingerprint density at radius 2 is 1.25 bits per heavy atom. The largest absolute Gasteiger partial charge is 0.268 e. The highest BCUT2D eigenvalue weighted by atomic mass is 127. The van der Waals surface area contributed by atoms with E-state index < -0.39 is 0 Å². The van der Waals surface area contributed by atoms with Gasteiger partial charge in [-0.05, 0) is 110 Å². The molecule has 0 fully saturated rings. The summed E-state index contributed by atoms with van der Waals surface area (Å²) in [6, 6.07) is 18.9. The van der Waals surface area contributed by atoms with Crippen LogP contribution in [0.5, 0.6) is 0 Å². The summed E-state index contributed by atoms with van der Waals surface area (Å²) >= 11 is 2.32. The van der Waals surface area contributed by atoms with E-state index in [0.717, 1.165) is 43.1 Å². The van der Waals surface area contributed by atoms with Crippen molar-refractivity contribution in [2.24, 2.45) is 0 Å². The van der Waals surface area contributed by atoms with Crippen LogP contribution in [0.2, 0.25) is 0 Å². The average molecular weight is 595 g/mol. The molecule has 8 rings (SSSR count). The number of halogens is 1. The highest BCUT2D eigenvalue weighted by Crippen LogP contribution is 2.52. The summed E-state index contributed by atoms with van der Waals surface area (Å²) in [6.07, 6.45) is 0. The van der Waals surface area contributed by atoms with Crippen LogP contribution in [0.1, 0.15) is 16.7 Å². The first-order valence-corrected chi connectivity index (χ1v) is 15.3. The maximum Gasteiger partial charge on any atom is 0.266 e. The molecule has 0 unspecified atom stereocenters. The van der Waals surface area contributed by atoms with Gasteiger partial charge in [0, 0.05) is 26.1 Å². The van der Waals surface area contributed by atoms with Crippen LogP contribution in [-0.2, 0) is 0 Å². The van der Waals surface area contributed by atoms with Crippen LogP contribution in [-0.4, -0.2) is 4.57 Å². The fourth-order valence-corrected chi connectivity index (χ4v) is 8.10. The van der Waals surface area contributed by atoms with E-state index in [1.165, 1.54) is 36.9 Å². The Bertz CT molecular complexity index is 2320. The van der Waals surface area contributed by atoms with Gasteiger partial charge in [-0.25, -0.2) is 4.57 Å². The molecule has 172 valence electrons. The summed E-state index contributed by atoms with van der Waals surface area (Å²) in [5, 5.41) is 12.4. The Morgan fingerprint density at radius 1 is 0.639 bits per heavy atom. The molecule has 0 bridgehead atoms. The maximum absolute atomic E-state index is 14.2. The quantitative estimate of drug-likeness (QED) is 0.149. The van der Waals surface area contributed by atoms with Gasteiger partial charge in [0.05, 0.1) is 16.5 Å². The predicted octanol–water partition coefficient (Wildman–Crippen LogP) is 8.24. The summed E-state index contributed by atoms with van der Waals surface area (Å²) < 4.78 is 1.40. The topological polar surface area (TPSA) is 39.1 Å². The van der Waals surface area contributed by atoms with Crippen LogP contribution < -0.4 is 11.1 Å². The maximum atomic E-state index is 14.2. The van der Waals surface area contributed by atoms with Gasteiger partial charge >= 0.3 is 0 Å². The van der Waals surface area contributed by atoms with Gasteiger partial charge < -0.3 is 0 Å². The SMILES string of the molecule is Cc1cccc(-n2c(=O)c3c4cc(C)c5ccc6ccc7c(SI)cc(c3c2=O)c2c7c6c5c42)c1C. The minimum atomic E-state index is -0.227. The molecule has 0 atom stereocenters. The summed E-state index contributed by atoms with van der Waals surface area (Å²) in [4.78, 5) is 29.5. The molecule has 0 aliphatic carbocycles. The Morgan fingerprint density at radius 3 is 1.94 bits per heavy atom. The second-order valence-corrected chi connectivity index (χ2v) is 11.9. The van der Waals surface area contributed by atoms with Crippen LogP contribution >= 0.6 is 30.1 Å². The smallest absolute Gasteiger partial charge is 0.266 e. The van der Waals surface area contributed by atoms with E-state index >= 15 is 0 Å². The van der Waals surface area contributed by atoms with Crippen molar-refractivity contribution in [1.82, 2.24) is 4.57 Å². The molecule has 0 saturated carbocycles. The summed E-state index contributed by atoms with van der Waals surface area (Å²) in [6.45, 7) is 6.10. The molecular weight excluding hydrogens is 577 g/mol. The highest BCUT2D eigenvalue weighted by molar-refractivity contribution is 14.2. The van der Waals surface area contributed by atoms with Gasteiger partial charge in [0.25, 0.3) is 11.1 Å².